The van der Waals surface area contributed by atoms with Crippen LogP contribution in [0.15, 0.2) is 65.7 Å². The Morgan fingerprint density at radius 2 is 1.90 bits per heavy atom. The van der Waals surface area contributed by atoms with E-state index < -0.39 is 0 Å². The van der Waals surface area contributed by atoms with Crippen molar-refractivity contribution in [1.29, 1.82) is 0 Å². The molecule has 0 aliphatic carbocycles. The van der Waals surface area contributed by atoms with Crippen molar-refractivity contribution in [2.24, 2.45) is 0 Å². The Hall–Kier alpha value is -2.55. The number of aromatic nitrogens is 1. The van der Waals surface area contributed by atoms with Crippen LogP contribution in [0, 0.1) is 6.92 Å². The Morgan fingerprint density at radius 3 is 2.65 bits per heavy atom. The van der Waals surface area contributed by atoms with Crippen molar-refractivity contribution in [3.63, 3.8) is 0 Å². The van der Waals surface area contributed by atoms with Crippen LogP contribution >= 0.6 is 0 Å². The summed E-state index contributed by atoms with van der Waals surface area (Å²) in [6.45, 7) is 2.88. The Kier molecular flexibility index (Phi) is 3.50. The SMILES string of the molecule is Cc1ccc(CNc2cncc(-c3ccoc3)c2)cc1. The predicted molar refractivity (Wildman–Crippen MR) is 80.4 cm³/mol. The summed E-state index contributed by atoms with van der Waals surface area (Å²) in [4.78, 5) is 4.26. The average Bonchev–Trinajstić information content (AvgIpc) is 3.01. The largest absolute Gasteiger partial charge is 0.472 e. The standard InChI is InChI=1S/C17H16N2O/c1-13-2-4-14(5-3-13)9-19-17-8-16(10-18-11-17)15-6-7-20-12-15/h2-8,10-12,19H,9H2,1H3. The molecule has 2 aromatic heterocycles. The molecule has 0 fully saturated rings. The molecule has 3 rings (SSSR count). The fourth-order valence-electron chi connectivity index (χ4n) is 2.03. The average molecular weight is 264 g/mol. The first kappa shape index (κ1) is 12.5. The van der Waals surface area contributed by atoms with Gasteiger partial charge < -0.3 is 9.73 Å². The van der Waals surface area contributed by atoms with Gasteiger partial charge >= 0.3 is 0 Å². The molecule has 20 heavy (non-hydrogen) atoms. The number of hydrogen-bond donors (Lipinski definition) is 1. The third-order valence-corrected chi connectivity index (χ3v) is 3.21. The lowest BCUT2D eigenvalue weighted by molar-refractivity contribution is 0.568. The van der Waals surface area contributed by atoms with Crippen molar-refractivity contribution < 1.29 is 4.42 Å². The molecule has 0 radical (unpaired) electrons. The molecule has 0 unspecified atom stereocenters. The van der Waals surface area contributed by atoms with Crippen LogP contribution in [0.2, 0.25) is 0 Å². The van der Waals surface area contributed by atoms with Gasteiger partial charge in [-0.05, 0) is 24.6 Å². The molecule has 3 aromatic rings. The number of furan rings is 1. The monoisotopic (exact) mass is 264 g/mol. The molecule has 0 aliphatic heterocycles. The third-order valence-electron chi connectivity index (χ3n) is 3.21. The van der Waals surface area contributed by atoms with Crippen LogP contribution in [0.3, 0.4) is 0 Å². The Balaban J connectivity index is 1.72. The summed E-state index contributed by atoms with van der Waals surface area (Å²) in [5.41, 5.74) is 5.62. The highest BCUT2D eigenvalue weighted by molar-refractivity contribution is 5.65. The van der Waals surface area contributed by atoms with Crippen molar-refractivity contribution in [1.82, 2.24) is 4.98 Å². The molecule has 0 amide bonds. The second kappa shape index (κ2) is 5.61. The first-order valence-electron chi connectivity index (χ1n) is 6.58. The zero-order chi connectivity index (χ0) is 13.8. The molecule has 0 saturated carbocycles. The van der Waals surface area contributed by atoms with E-state index in [2.05, 4.69) is 47.6 Å². The van der Waals surface area contributed by atoms with Gasteiger partial charge in [-0.15, -0.1) is 0 Å². The van der Waals surface area contributed by atoms with Gasteiger partial charge in [0.05, 0.1) is 18.2 Å². The highest BCUT2D eigenvalue weighted by atomic mass is 16.3. The van der Waals surface area contributed by atoms with Gasteiger partial charge in [0.1, 0.15) is 0 Å². The van der Waals surface area contributed by atoms with E-state index in [4.69, 9.17) is 4.42 Å². The van der Waals surface area contributed by atoms with E-state index in [1.807, 2.05) is 18.5 Å². The second-order valence-electron chi connectivity index (χ2n) is 4.81. The lowest BCUT2D eigenvalue weighted by Crippen LogP contribution is -1.99. The van der Waals surface area contributed by atoms with Gasteiger partial charge in [0.15, 0.2) is 0 Å². The minimum absolute atomic E-state index is 0.788. The first-order chi connectivity index (χ1) is 9.81. The van der Waals surface area contributed by atoms with E-state index in [0.29, 0.717) is 0 Å². The van der Waals surface area contributed by atoms with Crippen molar-refractivity contribution in [3.8, 4) is 11.1 Å². The number of benzene rings is 1. The fraction of sp³-hybridized carbons (Fsp3) is 0.118. The van der Waals surface area contributed by atoms with Crippen LogP contribution in [-0.4, -0.2) is 4.98 Å². The number of nitrogens with zero attached hydrogens (tertiary/aromatic N) is 1. The summed E-state index contributed by atoms with van der Waals surface area (Å²) in [7, 11) is 0. The minimum Gasteiger partial charge on any atom is -0.472 e. The van der Waals surface area contributed by atoms with Crippen molar-refractivity contribution >= 4 is 5.69 Å². The molecule has 0 aliphatic rings. The summed E-state index contributed by atoms with van der Waals surface area (Å²) in [5.74, 6) is 0. The third kappa shape index (κ3) is 2.88. The van der Waals surface area contributed by atoms with Crippen LogP contribution in [-0.2, 0) is 6.54 Å². The summed E-state index contributed by atoms with van der Waals surface area (Å²) in [6, 6.07) is 12.5. The summed E-state index contributed by atoms with van der Waals surface area (Å²) in [5, 5.41) is 3.39. The van der Waals surface area contributed by atoms with Crippen molar-refractivity contribution in [2.75, 3.05) is 5.32 Å². The molecule has 3 nitrogen and oxygen atoms in total. The van der Waals surface area contributed by atoms with Gasteiger partial charge in [0.25, 0.3) is 0 Å². The van der Waals surface area contributed by atoms with Crippen LogP contribution in [0.25, 0.3) is 11.1 Å². The molecule has 0 saturated heterocycles. The predicted octanol–water partition coefficient (Wildman–Crippen LogP) is 4.26. The molecule has 100 valence electrons. The van der Waals surface area contributed by atoms with Gasteiger partial charge in [0, 0.05) is 30.1 Å². The first-order valence-corrected chi connectivity index (χ1v) is 6.58. The van der Waals surface area contributed by atoms with E-state index in [-0.39, 0.29) is 0 Å². The lowest BCUT2D eigenvalue weighted by Gasteiger charge is -2.07. The molecular weight excluding hydrogens is 248 g/mol. The summed E-state index contributed by atoms with van der Waals surface area (Å²) in [6.07, 6.45) is 7.06. The number of hydrogen-bond acceptors (Lipinski definition) is 3. The van der Waals surface area contributed by atoms with Crippen molar-refractivity contribution in [3.05, 3.63) is 72.4 Å². The molecule has 0 spiro atoms. The number of nitrogens with one attached hydrogen (secondary N) is 1. The van der Waals surface area contributed by atoms with Gasteiger partial charge in [-0.3, -0.25) is 4.98 Å². The van der Waals surface area contributed by atoms with Crippen LogP contribution in [0.4, 0.5) is 5.69 Å². The summed E-state index contributed by atoms with van der Waals surface area (Å²) >= 11 is 0. The molecular formula is C17H16N2O. The number of aryl methyl sites for hydroxylation is 1. The number of pyridine rings is 1. The molecule has 1 aromatic carbocycles. The highest BCUT2D eigenvalue weighted by Crippen LogP contribution is 2.21. The van der Waals surface area contributed by atoms with Gasteiger partial charge in [0.2, 0.25) is 0 Å². The van der Waals surface area contributed by atoms with Crippen LogP contribution in [0.5, 0.6) is 0 Å². The highest BCUT2D eigenvalue weighted by Gasteiger charge is 2.01. The molecule has 2 heterocycles. The number of rotatable bonds is 4. The maximum Gasteiger partial charge on any atom is 0.0981 e. The Labute approximate surface area is 118 Å². The molecule has 0 bridgehead atoms. The van der Waals surface area contributed by atoms with E-state index in [1.165, 1.54) is 11.1 Å². The Morgan fingerprint density at radius 1 is 1.05 bits per heavy atom. The Bertz CT molecular complexity index is 672. The maximum atomic E-state index is 5.10. The van der Waals surface area contributed by atoms with Crippen LogP contribution in [0.1, 0.15) is 11.1 Å². The summed E-state index contributed by atoms with van der Waals surface area (Å²) < 4.78 is 5.10. The fourth-order valence-corrected chi connectivity index (χ4v) is 2.03. The quantitative estimate of drug-likeness (QED) is 0.765. The zero-order valence-corrected chi connectivity index (χ0v) is 11.3. The maximum absolute atomic E-state index is 5.10. The smallest absolute Gasteiger partial charge is 0.0981 e. The number of anilines is 1. The molecule has 1 N–H and O–H groups in total. The van der Waals surface area contributed by atoms with E-state index in [0.717, 1.165) is 23.4 Å². The van der Waals surface area contributed by atoms with Crippen molar-refractivity contribution in [2.45, 2.75) is 13.5 Å². The van der Waals surface area contributed by atoms with E-state index >= 15 is 0 Å². The van der Waals surface area contributed by atoms with Gasteiger partial charge in [-0.1, -0.05) is 29.8 Å². The normalized spacial score (nSPS) is 10.4. The molecule has 3 heteroatoms. The van der Waals surface area contributed by atoms with Gasteiger partial charge in [-0.25, -0.2) is 0 Å². The van der Waals surface area contributed by atoms with Crippen LogP contribution < -0.4 is 5.32 Å². The topological polar surface area (TPSA) is 38.1 Å². The van der Waals surface area contributed by atoms with E-state index in [9.17, 15) is 0 Å². The zero-order valence-electron chi connectivity index (χ0n) is 11.3. The van der Waals surface area contributed by atoms with Gasteiger partial charge in [-0.2, -0.15) is 0 Å². The van der Waals surface area contributed by atoms with E-state index in [1.54, 1.807) is 12.5 Å². The second-order valence-corrected chi connectivity index (χ2v) is 4.81. The molecule has 0 atom stereocenters. The lowest BCUT2D eigenvalue weighted by atomic mass is 10.1. The minimum atomic E-state index is 0.788.